The van der Waals surface area contributed by atoms with E-state index < -0.39 is 20.5 Å². The van der Waals surface area contributed by atoms with Gasteiger partial charge in [0.25, 0.3) is 0 Å². The Morgan fingerprint density at radius 3 is 1.96 bits per heavy atom. The predicted molar refractivity (Wildman–Crippen MR) is 100 cm³/mol. The molecule has 0 aliphatic carbocycles. The number of hydrogen-bond acceptors (Lipinski definition) is 7. The third kappa shape index (κ3) is 4.33. The summed E-state index contributed by atoms with van der Waals surface area (Å²) in [5.41, 5.74) is 0.641. The number of thioether (sulfide) groups is 1. The van der Waals surface area contributed by atoms with Crippen molar-refractivity contribution in [2.45, 2.75) is 37.7 Å². The maximum atomic E-state index is 13.5. The smallest absolute Gasteiger partial charge is 0.307 e. The van der Waals surface area contributed by atoms with Crippen LogP contribution < -0.4 is 4.67 Å². The molecule has 0 bridgehead atoms. The van der Waals surface area contributed by atoms with Crippen molar-refractivity contribution in [1.82, 2.24) is 0 Å². The highest BCUT2D eigenvalue weighted by Gasteiger charge is 2.53. The Hall–Kier alpha value is -0.330. The van der Waals surface area contributed by atoms with Crippen LogP contribution in [0.15, 0.2) is 29.2 Å². The summed E-state index contributed by atoms with van der Waals surface area (Å²) >= 11 is 1.29. The summed E-state index contributed by atoms with van der Waals surface area (Å²) in [6, 6.07) is 7.36. The summed E-state index contributed by atoms with van der Waals surface area (Å²) in [6.45, 7) is 7.78. The molecule has 0 fully saturated rings. The quantitative estimate of drug-likeness (QED) is 0.480. The zero-order chi connectivity index (χ0) is 18.5. The summed E-state index contributed by atoms with van der Waals surface area (Å²) in [4.78, 5) is 0.826. The van der Waals surface area contributed by atoms with Crippen molar-refractivity contribution < 1.29 is 27.2 Å². The minimum absolute atomic E-state index is 0.195. The van der Waals surface area contributed by atoms with Crippen LogP contribution >= 0.6 is 27.1 Å². The van der Waals surface area contributed by atoms with Gasteiger partial charge < -0.3 is 9.05 Å². The van der Waals surface area contributed by atoms with Crippen LogP contribution in [0.3, 0.4) is 0 Å². The molecule has 1 aliphatic rings. The molecule has 1 aromatic carbocycles. The van der Waals surface area contributed by atoms with Crippen LogP contribution in [0.25, 0.3) is 0 Å². The highest BCUT2D eigenvalue weighted by atomic mass is 32.2. The molecule has 1 atom stereocenters. The zero-order valence-electron chi connectivity index (χ0n) is 14.9. The molecule has 0 amide bonds. The van der Waals surface area contributed by atoms with Crippen molar-refractivity contribution >= 4 is 32.8 Å². The van der Waals surface area contributed by atoms with Crippen molar-refractivity contribution in [3.05, 3.63) is 24.3 Å². The van der Waals surface area contributed by atoms with Gasteiger partial charge in [0.2, 0.25) is 0 Å². The number of anilines is 1. The van der Waals surface area contributed by atoms with Gasteiger partial charge in [-0.3, -0.25) is 18.3 Å². The summed E-state index contributed by atoms with van der Waals surface area (Å²) in [6.07, 6.45) is 0. The molecule has 1 heterocycles. The van der Waals surface area contributed by atoms with E-state index in [4.69, 9.17) is 18.1 Å². The lowest BCUT2D eigenvalue weighted by atomic mass is 10.3. The second-order valence-electron chi connectivity index (χ2n) is 4.94. The highest BCUT2D eigenvalue weighted by Crippen LogP contribution is 2.71. The molecule has 0 spiro atoms. The number of benzene rings is 1. The molecule has 0 saturated heterocycles. The van der Waals surface area contributed by atoms with Crippen molar-refractivity contribution in [1.29, 1.82) is 0 Å². The van der Waals surface area contributed by atoms with Crippen molar-refractivity contribution in [3.63, 3.8) is 0 Å². The van der Waals surface area contributed by atoms with E-state index in [0.29, 0.717) is 5.69 Å². The van der Waals surface area contributed by atoms with E-state index >= 15 is 0 Å². The van der Waals surface area contributed by atoms with E-state index in [1.165, 1.54) is 16.4 Å². The molecule has 1 aliphatic heterocycles. The van der Waals surface area contributed by atoms with E-state index in [-0.39, 0.29) is 26.4 Å². The predicted octanol–water partition coefficient (Wildman–Crippen LogP) is 5.33. The molecule has 0 N–H and O–H groups in total. The lowest BCUT2D eigenvalue weighted by Crippen LogP contribution is -2.30. The third-order valence-corrected chi connectivity index (χ3v) is 9.89. The molecule has 0 saturated carbocycles. The van der Waals surface area contributed by atoms with Gasteiger partial charge in [-0.2, -0.15) is 0 Å². The van der Waals surface area contributed by atoms with Gasteiger partial charge in [-0.15, -0.1) is 0 Å². The van der Waals surface area contributed by atoms with Gasteiger partial charge in [0.05, 0.1) is 32.1 Å². The van der Waals surface area contributed by atoms with Gasteiger partial charge in [-0.25, -0.2) is 4.57 Å². The molecular weight excluding hydrogens is 384 g/mol. The number of para-hydroxylation sites is 1. The molecule has 0 aromatic heterocycles. The Bertz CT molecular complexity index is 653. The lowest BCUT2D eigenvalue weighted by molar-refractivity contribution is 0.207. The fourth-order valence-electron chi connectivity index (χ4n) is 2.49. The first kappa shape index (κ1) is 21.0. The molecule has 0 radical (unpaired) electrons. The minimum atomic E-state index is -3.72. The fourth-order valence-corrected chi connectivity index (χ4v) is 9.01. The SMILES string of the molecule is CCOP(=O)(OCC)C1Sc2ccccc2N1P(=O)(OCC)OCC. The average molecular weight is 409 g/mol. The Balaban J connectivity index is 2.55. The summed E-state index contributed by atoms with van der Waals surface area (Å²) in [5, 5.41) is -0.839. The molecule has 1 unspecified atom stereocenters. The lowest BCUT2D eigenvalue weighted by Gasteiger charge is -2.34. The van der Waals surface area contributed by atoms with Crippen molar-refractivity contribution in [2.75, 3.05) is 31.1 Å². The molecule has 25 heavy (non-hydrogen) atoms. The van der Waals surface area contributed by atoms with Gasteiger partial charge >= 0.3 is 15.3 Å². The van der Waals surface area contributed by atoms with Gasteiger partial charge in [-0.05, 0) is 39.8 Å². The number of fused-ring (bicyclic) bond motifs is 1. The number of nitrogens with zero attached hydrogens (tertiary/aromatic N) is 1. The van der Waals surface area contributed by atoms with E-state index in [0.717, 1.165) is 4.90 Å². The van der Waals surface area contributed by atoms with Crippen molar-refractivity contribution in [3.8, 4) is 0 Å². The van der Waals surface area contributed by atoms with Crippen LogP contribution in [0.2, 0.25) is 0 Å². The second kappa shape index (κ2) is 9.05. The van der Waals surface area contributed by atoms with Gasteiger partial charge in [0.1, 0.15) is 0 Å². The Morgan fingerprint density at radius 2 is 1.44 bits per heavy atom. The monoisotopic (exact) mass is 409 g/mol. The molecule has 7 nitrogen and oxygen atoms in total. The Labute approximate surface area is 153 Å². The first-order chi connectivity index (χ1) is 12.0. The van der Waals surface area contributed by atoms with Crippen LogP contribution in [0.1, 0.15) is 27.7 Å². The molecule has 142 valence electrons. The number of rotatable bonds is 10. The van der Waals surface area contributed by atoms with E-state index in [2.05, 4.69) is 0 Å². The van der Waals surface area contributed by atoms with Crippen LogP contribution in [-0.4, -0.2) is 31.5 Å². The van der Waals surface area contributed by atoms with Crippen molar-refractivity contribution in [2.24, 2.45) is 0 Å². The van der Waals surface area contributed by atoms with E-state index in [9.17, 15) is 9.13 Å². The summed E-state index contributed by atoms with van der Waals surface area (Å²) in [7, 11) is -7.31. The van der Waals surface area contributed by atoms with Crippen LogP contribution in [-0.2, 0) is 27.2 Å². The van der Waals surface area contributed by atoms with E-state index in [1.54, 1.807) is 33.8 Å². The standard InChI is InChI=1S/C15H25NO6P2S/c1-5-19-23(17,20-6-2)15-16(24(18,21-7-3)22-8-4)13-11-9-10-12-14(13)25-15/h9-12,15H,5-8H2,1-4H3. The Morgan fingerprint density at radius 1 is 0.920 bits per heavy atom. The highest BCUT2D eigenvalue weighted by molar-refractivity contribution is 8.06. The van der Waals surface area contributed by atoms with Gasteiger partial charge in [0, 0.05) is 4.90 Å². The first-order valence-electron chi connectivity index (χ1n) is 8.29. The summed E-state index contributed by atoms with van der Waals surface area (Å²) < 4.78 is 50.4. The van der Waals surface area contributed by atoms with Gasteiger partial charge in [0.15, 0.2) is 5.11 Å². The largest absolute Gasteiger partial charge is 0.436 e. The van der Waals surface area contributed by atoms with Crippen LogP contribution in [0, 0.1) is 0 Å². The molecule has 10 heteroatoms. The zero-order valence-corrected chi connectivity index (χ0v) is 17.5. The Kier molecular flexibility index (Phi) is 7.59. The van der Waals surface area contributed by atoms with Crippen LogP contribution in [0.4, 0.5) is 5.69 Å². The molecular formula is C15H25NO6P2S. The third-order valence-electron chi connectivity index (χ3n) is 3.29. The maximum Gasteiger partial charge on any atom is 0.436 e. The van der Waals surface area contributed by atoms with E-state index in [1.807, 2.05) is 18.2 Å². The maximum absolute atomic E-state index is 13.5. The second-order valence-corrected chi connectivity index (χ2v) is 10.4. The first-order valence-corrected chi connectivity index (χ1v) is 12.3. The number of hydrogen-bond donors (Lipinski definition) is 0. The normalized spacial score (nSPS) is 17.8. The summed E-state index contributed by atoms with van der Waals surface area (Å²) in [5.74, 6) is 0. The average Bonchev–Trinajstić information content (AvgIpc) is 2.97. The van der Waals surface area contributed by atoms with Crippen LogP contribution in [0.5, 0.6) is 0 Å². The minimum Gasteiger partial charge on any atom is -0.307 e. The van der Waals surface area contributed by atoms with Gasteiger partial charge in [-0.1, -0.05) is 23.9 Å². The topological polar surface area (TPSA) is 74.3 Å². The fraction of sp³-hybridized carbons (Fsp3) is 0.600. The molecule has 2 rings (SSSR count). The molecule has 1 aromatic rings.